The number of benzene rings is 2. The Hall–Kier alpha value is -2.53. The minimum Gasteiger partial charge on any atom is -0.372 e. The average molecular weight is 400 g/mol. The van der Waals surface area contributed by atoms with Gasteiger partial charge in [-0.3, -0.25) is 9.59 Å². The molecular formula is C22H26ClN3O2. The molecule has 0 aromatic heterocycles. The highest BCUT2D eigenvalue weighted by molar-refractivity contribution is 6.30. The molecule has 0 spiro atoms. The average Bonchev–Trinajstić information content (AvgIpc) is 3.23. The Balaban J connectivity index is 1.53. The number of hydrogen-bond donors (Lipinski definition) is 1. The SMILES string of the molecule is CC(=O)N(CCC(=O)NCc1ccc(Cl)cc1)c1ccc(N2CCCC2)cc1. The largest absolute Gasteiger partial charge is 0.372 e. The number of rotatable bonds is 7. The summed E-state index contributed by atoms with van der Waals surface area (Å²) in [7, 11) is 0. The van der Waals surface area contributed by atoms with Crippen molar-refractivity contribution in [1.29, 1.82) is 0 Å². The predicted octanol–water partition coefficient (Wildman–Crippen LogP) is 4.00. The van der Waals surface area contributed by atoms with E-state index >= 15 is 0 Å². The molecule has 1 fully saturated rings. The molecule has 148 valence electrons. The lowest BCUT2D eigenvalue weighted by Gasteiger charge is -2.23. The van der Waals surface area contributed by atoms with E-state index in [9.17, 15) is 9.59 Å². The zero-order valence-electron chi connectivity index (χ0n) is 16.2. The van der Waals surface area contributed by atoms with Gasteiger partial charge < -0.3 is 15.1 Å². The number of anilines is 2. The first-order chi connectivity index (χ1) is 13.5. The fourth-order valence-corrected chi connectivity index (χ4v) is 3.52. The van der Waals surface area contributed by atoms with Crippen LogP contribution in [0.4, 0.5) is 11.4 Å². The molecule has 1 heterocycles. The number of nitrogens with one attached hydrogen (secondary N) is 1. The van der Waals surface area contributed by atoms with Gasteiger partial charge in [0.2, 0.25) is 11.8 Å². The second kappa shape index (κ2) is 9.60. The van der Waals surface area contributed by atoms with Crippen LogP contribution in [0, 0.1) is 0 Å². The van der Waals surface area contributed by atoms with Gasteiger partial charge >= 0.3 is 0 Å². The van der Waals surface area contributed by atoms with E-state index in [0.29, 0.717) is 18.1 Å². The molecule has 1 aliphatic heterocycles. The first kappa shape index (κ1) is 20.2. The summed E-state index contributed by atoms with van der Waals surface area (Å²) in [4.78, 5) is 28.3. The number of carbonyl (C=O) groups excluding carboxylic acids is 2. The third-order valence-electron chi connectivity index (χ3n) is 4.98. The van der Waals surface area contributed by atoms with Gasteiger partial charge in [0.15, 0.2) is 0 Å². The lowest BCUT2D eigenvalue weighted by atomic mass is 10.2. The number of amides is 2. The molecular weight excluding hydrogens is 374 g/mol. The molecule has 28 heavy (non-hydrogen) atoms. The molecule has 0 unspecified atom stereocenters. The zero-order chi connectivity index (χ0) is 19.9. The maximum Gasteiger partial charge on any atom is 0.223 e. The second-order valence-corrected chi connectivity index (χ2v) is 7.47. The minimum absolute atomic E-state index is 0.0700. The molecule has 0 saturated carbocycles. The van der Waals surface area contributed by atoms with Crippen molar-refractivity contribution < 1.29 is 9.59 Å². The van der Waals surface area contributed by atoms with Crippen molar-refractivity contribution in [3.63, 3.8) is 0 Å². The summed E-state index contributed by atoms with van der Waals surface area (Å²) in [5.74, 6) is -0.158. The summed E-state index contributed by atoms with van der Waals surface area (Å²) in [6.07, 6.45) is 2.71. The molecule has 0 radical (unpaired) electrons. The van der Waals surface area contributed by atoms with Crippen molar-refractivity contribution in [3.05, 3.63) is 59.1 Å². The van der Waals surface area contributed by atoms with Crippen LogP contribution in [-0.2, 0) is 16.1 Å². The lowest BCUT2D eigenvalue weighted by molar-refractivity contribution is -0.121. The highest BCUT2D eigenvalue weighted by Gasteiger charge is 2.16. The molecule has 2 aromatic carbocycles. The molecule has 5 nitrogen and oxygen atoms in total. The van der Waals surface area contributed by atoms with Crippen LogP contribution in [0.25, 0.3) is 0 Å². The molecule has 1 saturated heterocycles. The fraction of sp³-hybridized carbons (Fsp3) is 0.364. The minimum atomic E-state index is -0.0881. The smallest absolute Gasteiger partial charge is 0.223 e. The molecule has 2 amide bonds. The van der Waals surface area contributed by atoms with E-state index in [1.165, 1.54) is 25.5 Å². The van der Waals surface area contributed by atoms with Gasteiger partial charge in [-0.25, -0.2) is 0 Å². The van der Waals surface area contributed by atoms with E-state index in [1.54, 1.807) is 17.0 Å². The van der Waals surface area contributed by atoms with E-state index in [-0.39, 0.29) is 18.2 Å². The monoisotopic (exact) mass is 399 g/mol. The second-order valence-electron chi connectivity index (χ2n) is 7.03. The molecule has 6 heteroatoms. The Labute approximate surface area is 171 Å². The molecule has 0 atom stereocenters. The summed E-state index contributed by atoms with van der Waals surface area (Å²) in [6.45, 7) is 4.50. The topological polar surface area (TPSA) is 52.7 Å². The third kappa shape index (κ3) is 5.49. The summed E-state index contributed by atoms with van der Waals surface area (Å²) >= 11 is 5.87. The van der Waals surface area contributed by atoms with Gasteiger partial charge in [-0.15, -0.1) is 0 Å². The maximum atomic E-state index is 12.2. The van der Waals surface area contributed by atoms with Crippen molar-refractivity contribution in [2.75, 3.05) is 29.4 Å². The summed E-state index contributed by atoms with van der Waals surface area (Å²) in [5, 5.41) is 3.55. The van der Waals surface area contributed by atoms with Gasteiger partial charge in [-0.2, -0.15) is 0 Å². The van der Waals surface area contributed by atoms with Crippen LogP contribution < -0.4 is 15.1 Å². The number of carbonyl (C=O) groups is 2. The van der Waals surface area contributed by atoms with Crippen LogP contribution in [0.15, 0.2) is 48.5 Å². The number of hydrogen-bond acceptors (Lipinski definition) is 3. The number of nitrogens with zero attached hydrogens (tertiary/aromatic N) is 2. The quantitative estimate of drug-likeness (QED) is 0.765. The standard InChI is InChI=1S/C22H26ClN3O2/c1-17(27)26(21-10-8-20(9-11-21)25-13-2-3-14-25)15-12-22(28)24-16-18-4-6-19(23)7-5-18/h4-11H,2-3,12-16H2,1H3,(H,24,28). The van der Waals surface area contributed by atoms with Crippen molar-refractivity contribution in [1.82, 2.24) is 5.32 Å². The van der Waals surface area contributed by atoms with Crippen molar-refractivity contribution in [2.45, 2.75) is 32.7 Å². The normalized spacial score (nSPS) is 13.4. The zero-order valence-corrected chi connectivity index (χ0v) is 16.9. The van der Waals surface area contributed by atoms with Gasteiger partial charge in [-0.1, -0.05) is 23.7 Å². The highest BCUT2D eigenvalue weighted by Crippen LogP contribution is 2.24. The van der Waals surface area contributed by atoms with Crippen molar-refractivity contribution in [2.24, 2.45) is 0 Å². The van der Waals surface area contributed by atoms with Crippen molar-refractivity contribution >= 4 is 34.8 Å². The fourth-order valence-electron chi connectivity index (χ4n) is 3.39. The van der Waals surface area contributed by atoms with E-state index < -0.39 is 0 Å². The Morgan fingerprint density at radius 1 is 1.04 bits per heavy atom. The van der Waals surface area contributed by atoms with Crippen molar-refractivity contribution in [3.8, 4) is 0 Å². The molecule has 0 bridgehead atoms. The van der Waals surface area contributed by atoms with Crippen LogP contribution in [0.1, 0.15) is 31.7 Å². The van der Waals surface area contributed by atoms with E-state index in [0.717, 1.165) is 24.3 Å². The van der Waals surface area contributed by atoms with Gasteiger partial charge in [-0.05, 0) is 54.8 Å². The van der Waals surface area contributed by atoms with E-state index in [2.05, 4.69) is 22.3 Å². The molecule has 0 aliphatic carbocycles. The maximum absolute atomic E-state index is 12.2. The molecule has 1 aliphatic rings. The van der Waals surface area contributed by atoms with Crippen LogP contribution in [0.2, 0.25) is 5.02 Å². The van der Waals surface area contributed by atoms with E-state index in [4.69, 9.17) is 11.6 Å². The van der Waals surface area contributed by atoms with Crippen LogP contribution in [0.3, 0.4) is 0 Å². The van der Waals surface area contributed by atoms with Gasteiger partial charge in [0.25, 0.3) is 0 Å². The van der Waals surface area contributed by atoms with Gasteiger partial charge in [0.1, 0.15) is 0 Å². The Morgan fingerprint density at radius 2 is 1.68 bits per heavy atom. The van der Waals surface area contributed by atoms with E-state index in [1.807, 2.05) is 24.3 Å². The molecule has 2 aromatic rings. The highest BCUT2D eigenvalue weighted by atomic mass is 35.5. The Morgan fingerprint density at radius 3 is 2.29 bits per heavy atom. The Kier molecular flexibility index (Phi) is 6.93. The summed E-state index contributed by atoms with van der Waals surface area (Å²) < 4.78 is 0. The predicted molar refractivity (Wildman–Crippen MR) is 114 cm³/mol. The first-order valence-electron chi connectivity index (χ1n) is 9.67. The lowest BCUT2D eigenvalue weighted by Crippen LogP contribution is -2.33. The molecule has 3 rings (SSSR count). The van der Waals surface area contributed by atoms with Crippen LogP contribution in [-0.4, -0.2) is 31.4 Å². The summed E-state index contributed by atoms with van der Waals surface area (Å²) in [5.41, 5.74) is 2.99. The van der Waals surface area contributed by atoms with Gasteiger partial charge in [0, 0.05) is 55.9 Å². The molecule has 1 N–H and O–H groups in total. The van der Waals surface area contributed by atoms with Gasteiger partial charge in [0.05, 0.1) is 0 Å². The first-order valence-corrected chi connectivity index (χ1v) is 10.0. The Bertz CT molecular complexity index is 800. The number of halogens is 1. The van der Waals surface area contributed by atoms with Crippen LogP contribution in [0.5, 0.6) is 0 Å². The third-order valence-corrected chi connectivity index (χ3v) is 5.23. The summed E-state index contributed by atoms with van der Waals surface area (Å²) in [6, 6.07) is 15.4. The van der Waals surface area contributed by atoms with Crippen LogP contribution >= 0.6 is 11.6 Å².